The third-order valence-corrected chi connectivity index (χ3v) is 5.42. The fourth-order valence-electron chi connectivity index (χ4n) is 3.19. The lowest BCUT2D eigenvalue weighted by molar-refractivity contribution is -0.139. The molecule has 0 fully saturated rings. The number of rotatable bonds is 8. The highest BCUT2D eigenvalue weighted by Crippen LogP contribution is 2.40. The van der Waals surface area contributed by atoms with Crippen LogP contribution in [0.1, 0.15) is 40.2 Å². The van der Waals surface area contributed by atoms with Gasteiger partial charge in [-0.3, -0.25) is 9.36 Å². The van der Waals surface area contributed by atoms with Gasteiger partial charge in [-0.2, -0.15) is 19.0 Å². The fourth-order valence-corrected chi connectivity index (χ4v) is 3.45. The highest BCUT2D eigenvalue weighted by Gasteiger charge is 2.48. The van der Waals surface area contributed by atoms with Crippen LogP contribution in [-0.4, -0.2) is 33.1 Å². The van der Waals surface area contributed by atoms with Gasteiger partial charge >= 0.3 is 12.3 Å². The summed E-state index contributed by atoms with van der Waals surface area (Å²) in [6.07, 6.45) is -6.83. The van der Waals surface area contributed by atoms with Crippen LogP contribution < -0.4 is 15.0 Å². The first-order chi connectivity index (χ1) is 17.3. The minimum absolute atomic E-state index is 0.0284. The Morgan fingerprint density at radius 1 is 1.19 bits per heavy atom. The van der Waals surface area contributed by atoms with Gasteiger partial charge in [0.1, 0.15) is 16.7 Å². The van der Waals surface area contributed by atoms with Crippen molar-refractivity contribution in [2.24, 2.45) is 0 Å². The largest absolute Gasteiger partial charge is 0.481 e. The molecule has 2 aromatic heterocycles. The summed E-state index contributed by atoms with van der Waals surface area (Å²) in [6.45, 7) is 2.23. The number of aromatic nitrogens is 4. The van der Waals surface area contributed by atoms with Crippen LogP contribution in [0.3, 0.4) is 0 Å². The molecular formula is C22H16ClF6N5O3. The summed E-state index contributed by atoms with van der Waals surface area (Å²) in [7, 11) is 1.25. The number of methoxy groups -OCH3 is 1. The molecule has 37 heavy (non-hydrogen) atoms. The minimum atomic E-state index is -4.96. The van der Waals surface area contributed by atoms with E-state index in [0.29, 0.717) is 17.0 Å². The number of hydrogen-bond acceptors (Lipinski definition) is 7. The molecule has 0 aliphatic rings. The third-order valence-electron chi connectivity index (χ3n) is 5.11. The number of nitriles is 1. The van der Waals surface area contributed by atoms with Crippen LogP contribution in [-0.2, 0) is 12.5 Å². The van der Waals surface area contributed by atoms with Gasteiger partial charge in [-0.15, -0.1) is 0 Å². The van der Waals surface area contributed by atoms with Crippen molar-refractivity contribution in [3.8, 4) is 23.4 Å². The van der Waals surface area contributed by atoms with Crippen LogP contribution in [0.25, 0.3) is 0 Å². The summed E-state index contributed by atoms with van der Waals surface area (Å²) >= 11 is 6.11. The number of benzene rings is 1. The van der Waals surface area contributed by atoms with Crippen molar-refractivity contribution in [3.05, 3.63) is 67.7 Å². The summed E-state index contributed by atoms with van der Waals surface area (Å²) in [5.74, 6) is -6.77. The van der Waals surface area contributed by atoms with E-state index in [0.717, 1.165) is 6.07 Å². The molecule has 0 bridgehead atoms. The number of ether oxygens (including phenoxy) is 2. The average Bonchev–Trinajstić information content (AvgIpc) is 2.83. The molecule has 0 saturated carbocycles. The van der Waals surface area contributed by atoms with Crippen LogP contribution in [0.4, 0.5) is 26.3 Å². The van der Waals surface area contributed by atoms with E-state index in [2.05, 4.69) is 15.0 Å². The SMILES string of the molecule is COc1nc(C)nc(Cl)c1Cn1cnc(C(F)(F)C(F)F)c(Oc2cc(C(F)F)cc(C#N)c2C)c1=O. The van der Waals surface area contributed by atoms with Crippen molar-refractivity contribution in [3.63, 3.8) is 0 Å². The maximum atomic E-state index is 14.4. The molecule has 0 aliphatic carbocycles. The Bertz CT molecular complexity index is 1440. The summed E-state index contributed by atoms with van der Waals surface area (Å²) in [4.78, 5) is 24.5. The number of nitrogens with zero attached hydrogens (tertiary/aromatic N) is 5. The van der Waals surface area contributed by atoms with Crippen molar-refractivity contribution in [2.45, 2.75) is 39.2 Å². The summed E-state index contributed by atoms with van der Waals surface area (Å²) < 4.78 is 92.9. The lowest BCUT2D eigenvalue weighted by Gasteiger charge is -2.20. The third kappa shape index (κ3) is 5.46. The molecule has 0 unspecified atom stereocenters. The van der Waals surface area contributed by atoms with Gasteiger partial charge in [0.2, 0.25) is 11.6 Å². The van der Waals surface area contributed by atoms with Crippen LogP contribution >= 0.6 is 11.6 Å². The Hall–Kier alpha value is -3.86. The van der Waals surface area contributed by atoms with Gasteiger partial charge in [0.05, 0.1) is 37.2 Å². The molecule has 15 heteroatoms. The first-order valence-electron chi connectivity index (χ1n) is 10.1. The molecule has 3 rings (SSSR count). The first kappa shape index (κ1) is 27.7. The molecule has 2 heterocycles. The summed E-state index contributed by atoms with van der Waals surface area (Å²) in [5.41, 5.74) is -4.23. The standard InChI is InChI=1S/C22H16ClF6N5O3/c1-9-12(6-30)4-11(18(24)25)5-14(9)37-15-16(22(28,29)21(26)27)31-8-34(20(15)35)7-13-17(23)32-10(2)33-19(13)36-3/h4-5,8,18,21H,7H2,1-3H3. The average molecular weight is 548 g/mol. The van der Waals surface area contributed by atoms with Crippen LogP contribution in [0.2, 0.25) is 5.15 Å². The van der Waals surface area contributed by atoms with Crippen molar-refractivity contribution in [1.29, 1.82) is 5.26 Å². The first-order valence-corrected chi connectivity index (χ1v) is 10.5. The van der Waals surface area contributed by atoms with Crippen LogP contribution in [0.5, 0.6) is 17.4 Å². The van der Waals surface area contributed by atoms with E-state index in [1.807, 2.05) is 0 Å². The van der Waals surface area contributed by atoms with Gasteiger partial charge in [-0.05, 0) is 26.0 Å². The Labute approximate surface area is 210 Å². The maximum Gasteiger partial charge on any atom is 0.352 e. The quantitative estimate of drug-likeness (QED) is 0.278. The summed E-state index contributed by atoms with van der Waals surface area (Å²) in [5, 5.41) is 9.09. The minimum Gasteiger partial charge on any atom is -0.481 e. The van der Waals surface area contributed by atoms with E-state index in [4.69, 9.17) is 21.1 Å². The topological polar surface area (TPSA) is 103 Å². The molecule has 0 spiro atoms. The monoisotopic (exact) mass is 547 g/mol. The second-order valence-electron chi connectivity index (χ2n) is 7.53. The van der Waals surface area contributed by atoms with E-state index in [-0.39, 0.29) is 33.5 Å². The molecule has 196 valence electrons. The van der Waals surface area contributed by atoms with E-state index in [1.54, 1.807) is 6.07 Å². The van der Waals surface area contributed by atoms with Crippen molar-refractivity contribution < 1.29 is 35.8 Å². The number of alkyl halides is 6. The predicted octanol–water partition coefficient (Wildman–Crippen LogP) is 5.32. The van der Waals surface area contributed by atoms with E-state index in [9.17, 15) is 36.4 Å². The van der Waals surface area contributed by atoms with Gasteiger partial charge < -0.3 is 9.47 Å². The highest BCUT2D eigenvalue weighted by atomic mass is 35.5. The molecule has 0 radical (unpaired) electrons. The van der Waals surface area contributed by atoms with Gasteiger partial charge in [-0.1, -0.05) is 11.6 Å². The number of hydrogen-bond donors (Lipinski definition) is 0. The number of aryl methyl sites for hydroxylation is 1. The van der Waals surface area contributed by atoms with E-state index < -0.39 is 53.6 Å². The van der Waals surface area contributed by atoms with Gasteiger partial charge in [0, 0.05) is 11.1 Å². The predicted molar refractivity (Wildman–Crippen MR) is 117 cm³/mol. The zero-order valence-electron chi connectivity index (χ0n) is 19.2. The Morgan fingerprint density at radius 3 is 2.43 bits per heavy atom. The fraction of sp³-hybridized carbons (Fsp3) is 0.318. The van der Waals surface area contributed by atoms with Crippen LogP contribution in [0.15, 0.2) is 23.3 Å². The summed E-state index contributed by atoms with van der Waals surface area (Å²) in [6, 6.07) is 3.18. The molecule has 3 aromatic rings. The zero-order valence-corrected chi connectivity index (χ0v) is 20.0. The van der Waals surface area contributed by atoms with Crippen LogP contribution in [0, 0.1) is 25.2 Å². The van der Waals surface area contributed by atoms with Crippen molar-refractivity contribution in [2.75, 3.05) is 7.11 Å². The molecule has 0 aliphatic heterocycles. The van der Waals surface area contributed by atoms with E-state index in [1.165, 1.54) is 21.0 Å². The second kappa shape index (κ2) is 10.6. The molecule has 0 atom stereocenters. The molecule has 0 amide bonds. The van der Waals surface area contributed by atoms with Crippen molar-refractivity contribution in [1.82, 2.24) is 19.5 Å². The highest BCUT2D eigenvalue weighted by molar-refractivity contribution is 6.30. The lowest BCUT2D eigenvalue weighted by atomic mass is 10.0. The van der Waals surface area contributed by atoms with Gasteiger partial charge in [0.25, 0.3) is 12.0 Å². The molecular weight excluding hydrogens is 532 g/mol. The molecule has 8 nitrogen and oxygen atoms in total. The smallest absolute Gasteiger partial charge is 0.352 e. The Balaban J connectivity index is 2.25. The Morgan fingerprint density at radius 2 is 1.86 bits per heavy atom. The normalized spacial score (nSPS) is 11.6. The lowest BCUT2D eigenvalue weighted by Crippen LogP contribution is -2.32. The molecule has 0 saturated heterocycles. The second-order valence-corrected chi connectivity index (χ2v) is 7.89. The van der Waals surface area contributed by atoms with E-state index >= 15 is 0 Å². The Kier molecular flexibility index (Phi) is 7.97. The molecule has 0 N–H and O–H groups in total. The van der Waals surface area contributed by atoms with Gasteiger partial charge in [-0.25, -0.2) is 27.5 Å². The van der Waals surface area contributed by atoms with Crippen molar-refractivity contribution >= 4 is 11.6 Å². The number of halogens is 7. The molecule has 1 aromatic carbocycles. The maximum absolute atomic E-state index is 14.4. The van der Waals surface area contributed by atoms with Gasteiger partial charge in [0.15, 0.2) is 5.69 Å². The zero-order chi connectivity index (χ0) is 27.7.